The van der Waals surface area contributed by atoms with Crippen LogP contribution in [0.1, 0.15) is 21.0 Å². The highest BCUT2D eigenvalue weighted by Gasteiger charge is 2.19. The van der Waals surface area contributed by atoms with Gasteiger partial charge in [0.15, 0.2) is 18.1 Å². The van der Waals surface area contributed by atoms with Crippen molar-refractivity contribution in [3.05, 3.63) is 84.4 Å². The van der Waals surface area contributed by atoms with Crippen molar-refractivity contribution in [1.29, 1.82) is 0 Å². The summed E-state index contributed by atoms with van der Waals surface area (Å²) in [6.07, 6.45) is 2.88. The summed E-state index contributed by atoms with van der Waals surface area (Å²) < 4.78 is 8.37. The number of aryl methyl sites for hydroxylation is 1. The van der Waals surface area contributed by atoms with Gasteiger partial charge in [-0.05, 0) is 29.3 Å². The minimum atomic E-state index is -1.19. The maximum absolute atomic E-state index is 12.4. The number of carbonyl (C=O) groups excluding carboxylic acids is 1. The van der Waals surface area contributed by atoms with Gasteiger partial charge in [0, 0.05) is 13.2 Å². The molecule has 156 valence electrons. The fourth-order valence-corrected chi connectivity index (χ4v) is 3.04. The van der Waals surface area contributed by atoms with Gasteiger partial charge in [-0.2, -0.15) is 10.2 Å². The Hall–Kier alpha value is -4.40. The molecule has 0 bridgehead atoms. The van der Waals surface area contributed by atoms with E-state index in [0.717, 1.165) is 11.1 Å². The Labute approximate surface area is 177 Å². The van der Waals surface area contributed by atoms with Gasteiger partial charge in [0.1, 0.15) is 5.75 Å². The van der Waals surface area contributed by atoms with E-state index in [1.807, 2.05) is 54.6 Å². The van der Waals surface area contributed by atoms with E-state index < -0.39 is 11.9 Å². The van der Waals surface area contributed by atoms with Crippen molar-refractivity contribution in [2.75, 3.05) is 5.32 Å². The zero-order valence-electron chi connectivity index (χ0n) is 16.6. The molecule has 0 aliphatic rings. The van der Waals surface area contributed by atoms with E-state index >= 15 is 0 Å². The number of carboxylic acid groups (broad SMARTS) is 1. The van der Waals surface area contributed by atoms with Crippen LogP contribution in [-0.4, -0.2) is 36.5 Å². The second kappa shape index (κ2) is 8.54. The number of nitrogens with zero attached hydrogens (tertiary/aromatic N) is 4. The van der Waals surface area contributed by atoms with Gasteiger partial charge in [-0.15, -0.1) is 0 Å². The molecule has 0 saturated heterocycles. The summed E-state index contributed by atoms with van der Waals surface area (Å²) in [6, 6.07) is 19.2. The molecular formula is C22H19N5O4. The van der Waals surface area contributed by atoms with Crippen molar-refractivity contribution < 1.29 is 19.4 Å². The summed E-state index contributed by atoms with van der Waals surface area (Å²) in [5, 5.41) is 19.8. The molecule has 31 heavy (non-hydrogen) atoms. The molecule has 0 fully saturated rings. The van der Waals surface area contributed by atoms with Crippen LogP contribution in [0.3, 0.4) is 0 Å². The SMILES string of the molecule is Cn1ncc(NC(=O)c2ccn(COc3ccc(-c4ccccc4)cc3)n2)c1C(=O)O. The van der Waals surface area contributed by atoms with Crippen LogP contribution < -0.4 is 10.1 Å². The lowest BCUT2D eigenvalue weighted by atomic mass is 10.1. The number of ether oxygens (including phenoxy) is 1. The Balaban J connectivity index is 1.37. The lowest BCUT2D eigenvalue weighted by Gasteiger charge is -2.07. The quantitative estimate of drug-likeness (QED) is 0.477. The summed E-state index contributed by atoms with van der Waals surface area (Å²) in [6.45, 7) is 0.116. The number of carbonyl (C=O) groups is 2. The standard InChI is InChI=1S/C22H19N5O4/c1-26-20(22(29)30)19(13-23-26)24-21(28)18-11-12-27(25-18)14-31-17-9-7-16(8-10-17)15-5-3-2-4-6-15/h2-13H,14H2,1H3,(H,24,28)(H,29,30). The van der Waals surface area contributed by atoms with Crippen molar-refractivity contribution in [2.45, 2.75) is 6.73 Å². The monoisotopic (exact) mass is 417 g/mol. The molecule has 0 spiro atoms. The number of hydrogen-bond acceptors (Lipinski definition) is 5. The first kappa shape index (κ1) is 19.9. The van der Waals surface area contributed by atoms with Gasteiger partial charge in [0.05, 0.1) is 11.9 Å². The van der Waals surface area contributed by atoms with Crippen LogP contribution in [0.5, 0.6) is 5.75 Å². The number of hydrogen-bond donors (Lipinski definition) is 2. The molecule has 2 heterocycles. The Bertz CT molecular complexity index is 1210. The highest BCUT2D eigenvalue weighted by molar-refractivity contribution is 6.06. The number of carboxylic acids is 1. The Morgan fingerprint density at radius 2 is 1.74 bits per heavy atom. The van der Waals surface area contributed by atoms with Crippen LogP contribution in [0.2, 0.25) is 0 Å². The number of nitrogens with one attached hydrogen (secondary N) is 1. The van der Waals surface area contributed by atoms with E-state index in [2.05, 4.69) is 15.5 Å². The van der Waals surface area contributed by atoms with E-state index in [1.54, 1.807) is 6.20 Å². The van der Waals surface area contributed by atoms with Gasteiger partial charge >= 0.3 is 5.97 Å². The average molecular weight is 417 g/mol. The zero-order valence-corrected chi connectivity index (χ0v) is 16.6. The van der Waals surface area contributed by atoms with Gasteiger partial charge in [0.25, 0.3) is 5.91 Å². The van der Waals surface area contributed by atoms with Crippen LogP contribution in [0.15, 0.2) is 73.1 Å². The minimum absolute atomic E-state index is 0.101. The third-order valence-corrected chi connectivity index (χ3v) is 4.59. The Kier molecular flexibility index (Phi) is 5.48. The topological polar surface area (TPSA) is 111 Å². The smallest absolute Gasteiger partial charge is 0.356 e. The Morgan fingerprint density at radius 1 is 1.03 bits per heavy atom. The van der Waals surface area contributed by atoms with Gasteiger partial charge in [-0.3, -0.25) is 9.48 Å². The summed E-state index contributed by atoms with van der Waals surface area (Å²) in [7, 11) is 1.48. The molecule has 0 aliphatic heterocycles. The molecule has 4 aromatic rings. The first-order chi connectivity index (χ1) is 15.0. The van der Waals surface area contributed by atoms with Gasteiger partial charge in [0.2, 0.25) is 0 Å². The van der Waals surface area contributed by atoms with Crippen molar-refractivity contribution in [1.82, 2.24) is 19.6 Å². The summed E-state index contributed by atoms with van der Waals surface area (Å²) in [5.74, 6) is -1.06. The van der Waals surface area contributed by atoms with E-state index in [1.165, 1.54) is 28.7 Å². The van der Waals surface area contributed by atoms with E-state index in [9.17, 15) is 14.7 Å². The third kappa shape index (κ3) is 4.45. The zero-order chi connectivity index (χ0) is 21.8. The van der Waals surface area contributed by atoms with Crippen LogP contribution in [0, 0.1) is 0 Å². The second-order valence-electron chi connectivity index (χ2n) is 6.69. The molecule has 2 aromatic carbocycles. The summed E-state index contributed by atoms with van der Waals surface area (Å²) in [5.41, 5.74) is 2.32. The number of amides is 1. The summed E-state index contributed by atoms with van der Waals surface area (Å²) >= 11 is 0. The number of benzene rings is 2. The minimum Gasteiger partial charge on any atom is -0.476 e. The largest absolute Gasteiger partial charge is 0.476 e. The maximum Gasteiger partial charge on any atom is 0.356 e. The van der Waals surface area contributed by atoms with E-state index in [0.29, 0.717) is 5.75 Å². The predicted molar refractivity (Wildman–Crippen MR) is 113 cm³/mol. The molecule has 0 atom stereocenters. The lowest BCUT2D eigenvalue weighted by Crippen LogP contribution is -2.16. The molecule has 0 saturated carbocycles. The molecular weight excluding hydrogens is 398 g/mol. The summed E-state index contributed by atoms with van der Waals surface area (Å²) in [4.78, 5) is 23.7. The van der Waals surface area contributed by atoms with Crippen LogP contribution in [0.25, 0.3) is 11.1 Å². The number of rotatable bonds is 7. The molecule has 4 rings (SSSR count). The molecule has 2 aromatic heterocycles. The second-order valence-corrected chi connectivity index (χ2v) is 6.69. The normalized spacial score (nSPS) is 10.6. The molecule has 0 unspecified atom stereocenters. The molecule has 2 N–H and O–H groups in total. The van der Waals surface area contributed by atoms with E-state index in [4.69, 9.17) is 4.74 Å². The molecule has 0 radical (unpaired) electrons. The highest BCUT2D eigenvalue weighted by atomic mass is 16.5. The number of aromatic carboxylic acids is 1. The van der Waals surface area contributed by atoms with Crippen molar-refractivity contribution in [3.63, 3.8) is 0 Å². The molecule has 9 nitrogen and oxygen atoms in total. The fourth-order valence-electron chi connectivity index (χ4n) is 3.04. The highest BCUT2D eigenvalue weighted by Crippen LogP contribution is 2.22. The fraction of sp³-hybridized carbons (Fsp3) is 0.0909. The molecule has 1 amide bonds. The van der Waals surface area contributed by atoms with Crippen molar-refractivity contribution in [3.8, 4) is 16.9 Å². The van der Waals surface area contributed by atoms with Crippen LogP contribution in [-0.2, 0) is 13.8 Å². The van der Waals surface area contributed by atoms with Crippen LogP contribution in [0.4, 0.5) is 5.69 Å². The Morgan fingerprint density at radius 3 is 2.45 bits per heavy atom. The average Bonchev–Trinajstić information content (AvgIpc) is 3.40. The first-order valence-electron chi connectivity index (χ1n) is 9.39. The third-order valence-electron chi connectivity index (χ3n) is 4.59. The lowest BCUT2D eigenvalue weighted by molar-refractivity contribution is 0.0686. The van der Waals surface area contributed by atoms with Gasteiger partial charge in [-0.1, -0.05) is 42.5 Å². The van der Waals surface area contributed by atoms with Crippen LogP contribution >= 0.6 is 0 Å². The first-order valence-corrected chi connectivity index (χ1v) is 9.39. The van der Waals surface area contributed by atoms with Gasteiger partial charge < -0.3 is 15.2 Å². The van der Waals surface area contributed by atoms with Crippen molar-refractivity contribution >= 4 is 17.6 Å². The predicted octanol–water partition coefficient (Wildman–Crippen LogP) is 3.27. The maximum atomic E-state index is 12.4. The molecule has 0 aliphatic carbocycles. The number of anilines is 1. The number of aromatic nitrogens is 4. The molecule has 9 heteroatoms. The van der Waals surface area contributed by atoms with Crippen molar-refractivity contribution in [2.24, 2.45) is 7.05 Å². The van der Waals surface area contributed by atoms with Gasteiger partial charge in [-0.25, -0.2) is 9.48 Å². The van der Waals surface area contributed by atoms with E-state index in [-0.39, 0.29) is 23.8 Å².